The smallest absolute Gasteiger partial charge is 0.335 e. The molecule has 3 aromatic rings. The summed E-state index contributed by atoms with van der Waals surface area (Å²) in [6.07, 6.45) is 1.40. The van der Waals surface area contributed by atoms with E-state index in [9.17, 15) is 18.8 Å². The molecule has 4 rings (SSSR count). The Kier molecular flexibility index (Phi) is 6.68. The van der Waals surface area contributed by atoms with Crippen LogP contribution < -0.4 is 19.7 Å². The van der Waals surface area contributed by atoms with Gasteiger partial charge in [-0.1, -0.05) is 36.4 Å². The molecule has 1 aliphatic heterocycles. The molecule has 0 atom stereocenters. The van der Waals surface area contributed by atoms with Crippen LogP contribution in [0.15, 0.2) is 78.4 Å². The Morgan fingerprint density at radius 2 is 1.65 bits per heavy atom. The average molecular weight is 460 g/mol. The summed E-state index contributed by atoms with van der Waals surface area (Å²) in [6, 6.07) is 18.5. The maximum Gasteiger partial charge on any atom is 0.335 e. The molecular formula is C26H21FN2O5. The number of rotatable bonds is 7. The van der Waals surface area contributed by atoms with Crippen LogP contribution in [0.4, 0.5) is 14.9 Å². The number of ether oxygens (including phenoxy) is 2. The van der Waals surface area contributed by atoms with E-state index in [1.165, 1.54) is 18.2 Å². The van der Waals surface area contributed by atoms with E-state index < -0.39 is 17.8 Å². The third-order valence-electron chi connectivity index (χ3n) is 5.00. The predicted molar refractivity (Wildman–Crippen MR) is 124 cm³/mol. The van der Waals surface area contributed by atoms with Crippen molar-refractivity contribution in [2.75, 3.05) is 11.5 Å². The summed E-state index contributed by atoms with van der Waals surface area (Å²) in [5.41, 5.74) is 1.46. The van der Waals surface area contributed by atoms with Gasteiger partial charge in [0.25, 0.3) is 11.8 Å². The zero-order valence-corrected chi connectivity index (χ0v) is 18.3. The van der Waals surface area contributed by atoms with Crippen LogP contribution in [-0.4, -0.2) is 24.5 Å². The number of benzene rings is 3. The average Bonchev–Trinajstić information content (AvgIpc) is 2.83. The number of halogens is 1. The molecule has 1 N–H and O–H groups in total. The minimum absolute atomic E-state index is 0.189. The Morgan fingerprint density at radius 1 is 0.912 bits per heavy atom. The molecule has 0 aliphatic carbocycles. The Hall–Kier alpha value is -4.46. The highest BCUT2D eigenvalue weighted by molar-refractivity contribution is 6.39. The molecule has 0 saturated carbocycles. The first-order valence-electron chi connectivity index (χ1n) is 10.6. The largest absolute Gasteiger partial charge is 0.490 e. The highest BCUT2D eigenvalue weighted by Gasteiger charge is 2.36. The summed E-state index contributed by atoms with van der Waals surface area (Å²) < 4.78 is 24.6. The Balaban J connectivity index is 1.60. The second kappa shape index (κ2) is 9.99. The van der Waals surface area contributed by atoms with Gasteiger partial charge in [0, 0.05) is 0 Å². The molecular weight excluding hydrogens is 439 g/mol. The number of hydrogen-bond donors (Lipinski definition) is 1. The van der Waals surface area contributed by atoms with Crippen molar-refractivity contribution in [3.63, 3.8) is 0 Å². The van der Waals surface area contributed by atoms with Gasteiger partial charge in [0.2, 0.25) is 0 Å². The standard InChI is InChI=1S/C26H21FN2O5/c1-2-33-23-15-18(10-13-22(23)34-16-17-8-11-19(27)12-9-17)14-21-24(30)28-26(32)29(25(21)31)20-6-4-3-5-7-20/h3-15H,2,16H2,1H3,(H,28,30,32)/b21-14+. The van der Waals surface area contributed by atoms with Gasteiger partial charge in [-0.05, 0) is 60.5 Å². The molecule has 1 heterocycles. The van der Waals surface area contributed by atoms with Crippen LogP contribution in [0, 0.1) is 5.82 Å². The first-order chi connectivity index (χ1) is 16.5. The molecule has 1 fully saturated rings. The molecule has 1 aliphatic rings. The van der Waals surface area contributed by atoms with Gasteiger partial charge >= 0.3 is 6.03 Å². The van der Waals surface area contributed by atoms with Crippen LogP contribution >= 0.6 is 0 Å². The summed E-state index contributed by atoms with van der Waals surface area (Å²) in [6.45, 7) is 2.38. The van der Waals surface area contributed by atoms with Crippen LogP contribution in [0.5, 0.6) is 11.5 Å². The van der Waals surface area contributed by atoms with Gasteiger partial charge in [0.05, 0.1) is 12.3 Å². The summed E-state index contributed by atoms with van der Waals surface area (Å²) in [7, 11) is 0. The number of nitrogens with zero attached hydrogens (tertiary/aromatic N) is 1. The van der Waals surface area contributed by atoms with Crippen LogP contribution in [-0.2, 0) is 16.2 Å². The fourth-order valence-corrected chi connectivity index (χ4v) is 3.38. The second-order valence-corrected chi connectivity index (χ2v) is 7.35. The topological polar surface area (TPSA) is 84.9 Å². The zero-order chi connectivity index (χ0) is 24.1. The van der Waals surface area contributed by atoms with E-state index in [2.05, 4.69) is 5.32 Å². The summed E-state index contributed by atoms with van der Waals surface area (Å²) >= 11 is 0. The van der Waals surface area contributed by atoms with Crippen molar-refractivity contribution in [1.82, 2.24) is 5.32 Å². The van der Waals surface area contributed by atoms with Crippen LogP contribution in [0.3, 0.4) is 0 Å². The lowest BCUT2D eigenvalue weighted by atomic mass is 10.1. The first kappa shape index (κ1) is 22.7. The number of para-hydroxylation sites is 1. The third-order valence-corrected chi connectivity index (χ3v) is 5.00. The minimum atomic E-state index is -0.808. The molecule has 8 heteroatoms. The fraction of sp³-hybridized carbons (Fsp3) is 0.115. The van der Waals surface area contributed by atoms with E-state index in [0.29, 0.717) is 29.4 Å². The summed E-state index contributed by atoms with van der Waals surface area (Å²) in [5.74, 6) is -0.969. The van der Waals surface area contributed by atoms with Crippen molar-refractivity contribution < 1.29 is 28.2 Å². The van der Waals surface area contributed by atoms with Crippen molar-refractivity contribution in [2.24, 2.45) is 0 Å². The molecule has 3 aromatic carbocycles. The number of anilines is 1. The van der Waals surface area contributed by atoms with Gasteiger partial charge in [-0.3, -0.25) is 14.9 Å². The van der Waals surface area contributed by atoms with E-state index in [-0.39, 0.29) is 18.0 Å². The number of nitrogens with one attached hydrogen (secondary N) is 1. The summed E-state index contributed by atoms with van der Waals surface area (Å²) in [5, 5.41) is 2.20. The van der Waals surface area contributed by atoms with Gasteiger partial charge in [-0.15, -0.1) is 0 Å². The Labute approximate surface area is 195 Å². The van der Waals surface area contributed by atoms with Crippen molar-refractivity contribution in [1.29, 1.82) is 0 Å². The van der Waals surface area contributed by atoms with Gasteiger partial charge in [0.1, 0.15) is 18.0 Å². The van der Waals surface area contributed by atoms with Crippen molar-refractivity contribution in [3.05, 3.63) is 95.3 Å². The van der Waals surface area contributed by atoms with Crippen molar-refractivity contribution in [2.45, 2.75) is 13.5 Å². The molecule has 1 saturated heterocycles. The van der Waals surface area contributed by atoms with Crippen LogP contribution in [0.25, 0.3) is 6.08 Å². The van der Waals surface area contributed by atoms with E-state index in [1.54, 1.807) is 60.7 Å². The fourth-order valence-electron chi connectivity index (χ4n) is 3.38. The van der Waals surface area contributed by atoms with E-state index in [0.717, 1.165) is 10.5 Å². The van der Waals surface area contributed by atoms with E-state index in [4.69, 9.17) is 9.47 Å². The maximum atomic E-state index is 13.1. The number of urea groups is 1. The normalized spacial score (nSPS) is 14.8. The minimum Gasteiger partial charge on any atom is -0.490 e. The van der Waals surface area contributed by atoms with Crippen LogP contribution in [0.1, 0.15) is 18.1 Å². The molecule has 172 valence electrons. The van der Waals surface area contributed by atoms with E-state index in [1.807, 2.05) is 6.92 Å². The van der Waals surface area contributed by atoms with Gasteiger partial charge < -0.3 is 9.47 Å². The molecule has 34 heavy (non-hydrogen) atoms. The number of hydrogen-bond acceptors (Lipinski definition) is 5. The van der Waals surface area contributed by atoms with Crippen molar-refractivity contribution >= 4 is 29.6 Å². The lowest BCUT2D eigenvalue weighted by Crippen LogP contribution is -2.54. The zero-order valence-electron chi connectivity index (χ0n) is 18.3. The third kappa shape index (κ3) is 4.96. The Morgan fingerprint density at radius 3 is 2.35 bits per heavy atom. The molecule has 4 amide bonds. The lowest BCUT2D eigenvalue weighted by Gasteiger charge is -2.26. The van der Waals surface area contributed by atoms with Gasteiger partial charge in [-0.2, -0.15) is 0 Å². The van der Waals surface area contributed by atoms with E-state index >= 15 is 0 Å². The highest BCUT2D eigenvalue weighted by Crippen LogP contribution is 2.31. The number of barbiturate groups is 1. The molecule has 0 spiro atoms. The molecule has 0 unspecified atom stereocenters. The number of carbonyl (C=O) groups excluding carboxylic acids is 3. The molecule has 7 nitrogen and oxygen atoms in total. The van der Waals surface area contributed by atoms with Crippen molar-refractivity contribution in [3.8, 4) is 11.5 Å². The van der Waals surface area contributed by atoms with Gasteiger partial charge in [-0.25, -0.2) is 14.1 Å². The quantitative estimate of drug-likeness (QED) is 0.415. The molecule has 0 bridgehead atoms. The van der Waals surface area contributed by atoms with Crippen LogP contribution in [0.2, 0.25) is 0 Å². The highest BCUT2D eigenvalue weighted by atomic mass is 19.1. The predicted octanol–water partition coefficient (Wildman–Crippen LogP) is 4.47. The molecule has 0 aromatic heterocycles. The Bertz CT molecular complexity index is 1260. The van der Waals surface area contributed by atoms with Gasteiger partial charge in [0.15, 0.2) is 11.5 Å². The lowest BCUT2D eigenvalue weighted by molar-refractivity contribution is -0.122. The number of carbonyl (C=O) groups is 3. The molecule has 0 radical (unpaired) electrons. The number of imide groups is 2. The first-order valence-corrected chi connectivity index (χ1v) is 10.6. The SMILES string of the molecule is CCOc1cc(/C=C2\C(=O)NC(=O)N(c3ccccc3)C2=O)ccc1OCc1ccc(F)cc1. The maximum absolute atomic E-state index is 13.1. The number of amides is 4. The monoisotopic (exact) mass is 460 g/mol. The second-order valence-electron chi connectivity index (χ2n) is 7.35. The summed E-state index contributed by atoms with van der Waals surface area (Å²) in [4.78, 5) is 38.6.